The highest BCUT2D eigenvalue weighted by Gasteiger charge is 2.19. The van der Waals surface area contributed by atoms with E-state index in [1.54, 1.807) is 4.68 Å². The zero-order valence-corrected chi connectivity index (χ0v) is 11.0. The largest absolute Gasteiger partial charge is 0.395 e. The third-order valence-electron chi connectivity index (χ3n) is 3.37. The first-order valence-corrected chi connectivity index (χ1v) is 6.59. The molecule has 1 fully saturated rings. The molecule has 0 atom stereocenters. The molecular weight excluding hydrogens is 244 g/mol. The molecule has 2 aromatic rings. The second-order valence-electron chi connectivity index (χ2n) is 4.72. The minimum atomic E-state index is 0.0613. The number of hydrogen-bond donors (Lipinski definition) is 2. The summed E-state index contributed by atoms with van der Waals surface area (Å²) in [5.41, 5.74) is 0.817. The number of nitrogens with zero attached hydrogens (tertiary/aromatic N) is 5. The van der Waals surface area contributed by atoms with Crippen molar-refractivity contribution in [3.63, 3.8) is 0 Å². The Morgan fingerprint density at radius 2 is 2.11 bits per heavy atom. The second kappa shape index (κ2) is 5.00. The van der Waals surface area contributed by atoms with Crippen LogP contribution >= 0.6 is 0 Å². The number of nitrogens with one attached hydrogen (secondary N) is 1. The minimum absolute atomic E-state index is 0.0613. The number of aliphatic hydroxyl groups is 1. The molecule has 2 N–H and O–H groups in total. The van der Waals surface area contributed by atoms with Gasteiger partial charge in [0, 0.05) is 26.7 Å². The van der Waals surface area contributed by atoms with Crippen LogP contribution in [0.5, 0.6) is 0 Å². The van der Waals surface area contributed by atoms with Crippen LogP contribution in [0.1, 0.15) is 12.8 Å². The van der Waals surface area contributed by atoms with Crippen LogP contribution in [0.15, 0.2) is 6.20 Å². The molecular formula is C12H18N6O. The van der Waals surface area contributed by atoms with E-state index < -0.39 is 0 Å². The number of aromatic nitrogens is 4. The Hall–Kier alpha value is -1.89. The van der Waals surface area contributed by atoms with Crippen molar-refractivity contribution >= 4 is 22.8 Å². The van der Waals surface area contributed by atoms with Gasteiger partial charge in [-0.2, -0.15) is 15.1 Å². The van der Waals surface area contributed by atoms with Gasteiger partial charge in [0.2, 0.25) is 5.95 Å². The van der Waals surface area contributed by atoms with Gasteiger partial charge >= 0.3 is 0 Å². The van der Waals surface area contributed by atoms with Crippen molar-refractivity contribution in [1.29, 1.82) is 0 Å². The summed E-state index contributed by atoms with van der Waals surface area (Å²) in [7, 11) is 1.87. The van der Waals surface area contributed by atoms with Crippen molar-refractivity contribution in [2.75, 3.05) is 36.5 Å². The van der Waals surface area contributed by atoms with E-state index in [0.29, 0.717) is 12.5 Å². The molecule has 3 heterocycles. The lowest BCUT2D eigenvalue weighted by Gasteiger charge is -2.18. The zero-order valence-electron chi connectivity index (χ0n) is 11.0. The molecule has 0 amide bonds. The standard InChI is InChI=1S/C12H18N6O/c1-17-10-9(8-14-17)11(18-5-2-3-6-18)16-12(15-10)13-4-7-19/h8,19H,2-7H2,1H3,(H,13,15,16). The van der Waals surface area contributed by atoms with Crippen LogP contribution in [-0.4, -0.2) is 51.1 Å². The van der Waals surface area contributed by atoms with Crippen molar-refractivity contribution in [2.45, 2.75) is 12.8 Å². The summed E-state index contributed by atoms with van der Waals surface area (Å²) < 4.78 is 1.75. The Labute approximate surface area is 111 Å². The number of rotatable bonds is 4. The van der Waals surface area contributed by atoms with Crippen LogP contribution in [0.4, 0.5) is 11.8 Å². The maximum absolute atomic E-state index is 8.89. The quantitative estimate of drug-likeness (QED) is 0.828. The molecule has 7 heteroatoms. The Balaban J connectivity index is 2.06. The molecule has 0 aromatic carbocycles. The van der Waals surface area contributed by atoms with Gasteiger partial charge in [-0.25, -0.2) is 0 Å². The van der Waals surface area contributed by atoms with Gasteiger partial charge in [-0.05, 0) is 12.8 Å². The maximum Gasteiger partial charge on any atom is 0.226 e. The van der Waals surface area contributed by atoms with Crippen LogP contribution < -0.4 is 10.2 Å². The van der Waals surface area contributed by atoms with Crippen LogP contribution in [0, 0.1) is 0 Å². The Kier molecular flexibility index (Phi) is 3.20. The van der Waals surface area contributed by atoms with Crippen LogP contribution in [-0.2, 0) is 7.05 Å². The molecule has 0 aliphatic carbocycles. The molecule has 0 radical (unpaired) electrons. The monoisotopic (exact) mass is 262 g/mol. The Morgan fingerprint density at radius 1 is 1.32 bits per heavy atom. The molecule has 0 unspecified atom stereocenters. The van der Waals surface area contributed by atoms with Crippen LogP contribution in [0.25, 0.3) is 11.0 Å². The molecule has 0 bridgehead atoms. The average molecular weight is 262 g/mol. The van der Waals surface area contributed by atoms with Crippen molar-refractivity contribution in [1.82, 2.24) is 19.7 Å². The molecule has 19 heavy (non-hydrogen) atoms. The SMILES string of the molecule is Cn1ncc2c(N3CCCC3)nc(NCCO)nc21. The predicted molar refractivity (Wildman–Crippen MR) is 73.3 cm³/mol. The smallest absolute Gasteiger partial charge is 0.226 e. The molecule has 3 rings (SSSR count). The van der Waals surface area contributed by atoms with Crippen molar-refractivity contribution in [3.05, 3.63) is 6.20 Å². The van der Waals surface area contributed by atoms with Crippen LogP contribution in [0.2, 0.25) is 0 Å². The lowest BCUT2D eigenvalue weighted by molar-refractivity contribution is 0.311. The highest BCUT2D eigenvalue weighted by molar-refractivity contribution is 5.88. The van der Waals surface area contributed by atoms with E-state index >= 15 is 0 Å². The number of anilines is 2. The highest BCUT2D eigenvalue weighted by Crippen LogP contribution is 2.27. The van der Waals surface area contributed by atoms with Gasteiger partial charge in [0.1, 0.15) is 5.82 Å². The van der Waals surface area contributed by atoms with E-state index in [9.17, 15) is 0 Å². The van der Waals surface area contributed by atoms with Gasteiger partial charge in [-0.3, -0.25) is 4.68 Å². The van der Waals surface area contributed by atoms with Gasteiger partial charge in [0.05, 0.1) is 18.2 Å². The van der Waals surface area contributed by atoms with Crippen LogP contribution in [0.3, 0.4) is 0 Å². The van der Waals surface area contributed by atoms with Gasteiger partial charge in [0.25, 0.3) is 0 Å². The van der Waals surface area contributed by atoms with E-state index in [1.165, 1.54) is 12.8 Å². The lowest BCUT2D eigenvalue weighted by atomic mass is 10.3. The van der Waals surface area contributed by atoms with Gasteiger partial charge in [-0.1, -0.05) is 0 Å². The zero-order chi connectivity index (χ0) is 13.2. The first kappa shape index (κ1) is 12.2. The molecule has 7 nitrogen and oxygen atoms in total. The maximum atomic E-state index is 8.89. The summed E-state index contributed by atoms with van der Waals surface area (Å²) in [6.07, 6.45) is 4.22. The number of aliphatic hydroxyl groups excluding tert-OH is 1. The highest BCUT2D eigenvalue weighted by atomic mass is 16.3. The third kappa shape index (κ3) is 2.21. The summed E-state index contributed by atoms with van der Waals surface area (Å²) in [5, 5.41) is 17.2. The third-order valence-corrected chi connectivity index (χ3v) is 3.37. The summed E-state index contributed by atoms with van der Waals surface area (Å²) in [4.78, 5) is 11.3. The Morgan fingerprint density at radius 3 is 2.84 bits per heavy atom. The van der Waals surface area contributed by atoms with Crippen molar-refractivity contribution < 1.29 is 5.11 Å². The van der Waals surface area contributed by atoms with E-state index in [2.05, 4.69) is 25.3 Å². The molecule has 0 saturated carbocycles. The summed E-state index contributed by atoms with van der Waals surface area (Å²) >= 11 is 0. The number of fused-ring (bicyclic) bond motifs is 1. The van der Waals surface area contributed by atoms with Gasteiger partial charge in [-0.15, -0.1) is 0 Å². The summed E-state index contributed by atoms with van der Waals surface area (Å²) in [6, 6.07) is 0. The number of aryl methyl sites for hydroxylation is 1. The molecule has 0 spiro atoms. The minimum Gasteiger partial charge on any atom is -0.395 e. The predicted octanol–water partition coefficient (Wildman–Crippen LogP) is 0.368. The molecule has 1 aliphatic rings. The van der Waals surface area contributed by atoms with E-state index in [-0.39, 0.29) is 6.61 Å². The second-order valence-corrected chi connectivity index (χ2v) is 4.72. The molecule has 1 saturated heterocycles. The van der Waals surface area contributed by atoms with E-state index in [1.807, 2.05) is 13.2 Å². The summed E-state index contributed by atoms with van der Waals surface area (Å²) in [6.45, 7) is 2.57. The van der Waals surface area contributed by atoms with E-state index in [0.717, 1.165) is 29.9 Å². The van der Waals surface area contributed by atoms with Gasteiger partial charge in [0.15, 0.2) is 5.65 Å². The fraction of sp³-hybridized carbons (Fsp3) is 0.583. The Bertz CT molecular complexity index is 575. The van der Waals surface area contributed by atoms with Crippen molar-refractivity contribution in [3.8, 4) is 0 Å². The van der Waals surface area contributed by atoms with Gasteiger partial charge < -0.3 is 15.3 Å². The number of hydrogen-bond acceptors (Lipinski definition) is 6. The lowest BCUT2D eigenvalue weighted by Crippen LogP contribution is -2.20. The molecule has 1 aliphatic heterocycles. The van der Waals surface area contributed by atoms with E-state index in [4.69, 9.17) is 5.11 Å². The average Bonchev–Trinajstić information content (AvgIpc) is 3.06. The fourth-order valence-electron chi connectivity index (χ4n) is 2.42. The first-order valence-electron chi connectivity index (χ1n) is 6.59. The molecule has 102 valence electrons. The first-order chi connectivity index (χ1) is 9.29. The van der Waals surface area contributed by atoms with Crippen molar-refractivity contribution in [2.24, 2.45) is 7.05 Å². The summed E-state index contributed by atoms with van der Waals surface area (Å²) in [5.74, 6) is 1.49. The fourth-order valence-corrected chi connectivity index (χ4v) is 2.42. The topological polar surface area (TPSA) is 79.1 Å². The molecule has 2 aromatic heterocycles. The normalized spacial score (nSPS) is 15.4.